The number of para-hydroxylation sites is 1. The van der Waals surface area contributed by atoms with E-state index >= 15 is 0 Å². The van der Waals surface area contributed by atoms with Gasteiger partial charge in [0.25, 0.3) is 10.0 Å². The maximum absolute atomic E-state index is 13.5. The van der Waals surface area contributed by atoms with E-state index in [4.69, 9.17) is 4.74 Å². The second-order valence-corrected chi connectivity index (χ2v) is 9.03. The summed E-state index contributed by atoms with van der Waals surface area (Å²) in [5.41, 5.74) is 2.23. The zero-order valence-corrected chi connectivity index (χ0v) is 19.1. The first-order valence-corrected chi connectivity index (χ1v) is 12.0. The minimum absolute atomic E-state index is 0.142. The van der Waals surface area contributed by atoms with Crippen LogP contribution in [0.5, 0.6) is 5.75 Å². The zero-order valence-electron chi connectivity index (χ0n) is 18.3. The molecule has 0 saturated carbocycles. The number of hydrogen-bond acceptors (Lipinski definition) is 4. The Labute approximate surface area is 189 Å². The Hall–Kier alpha value is -3.32. The van der Waals surface area contributed by atoms with Crippen LogP contribution >= 0.6 is 0 Å². The Morgan fingerprint density at radius 1 is 0.938 bits per heavy atom. The van der Waals surface area contributed by atoms with E-state index in [2.05, 4.69) is 5.32 Å². The quantitative estimate of drug-likeness (QED) is 0.501. The molecule has 6 nitrogen and oxygen atoms in total. The van der Waals surface area contributed by atoms with Crippen molar-refractivity contribution in [3.05, 3.63) is 90.0 Å². The van der Waals surface area contributed by atoms with Gasteiger partial charge >= 0.3 is 0 Å². The molecule has 0 unspecified atom stereocenters. The van der Waals surface area contributed by atoms with E-state index in [0.717, 1.165) is 16.9 Å². The molecule has 168 valence electrons. The summed E-state index contributed by atoms with van der Waals surface area (Å²) >= 11 is 0. The third-order valence-corrected chi connectivity index (χ3v) is 6.73. The molecular formula is C25H28N2O4S. The number of nitrogens with one attached hydrogen (secondary N) is 1. The molecule has 0 saturated heterocycles. The molecule has 0 aliphatic rings. The van der Waals surface area contributed by atoms with Crippen LogP contribution in [0.1, 0.15) is 25.0 Å². The molecule has 0 radical (unpaired) electrons. The molecule has 0 aliphatic heterocycles. The molecule has 7 heteroatoms. The Morgan fingerprint density at radius 3 is 2.38 bits per heavy atom. The van der Waals surface area contributed by atoms with E-state index in [-0.39, 0.29) is 18.0 Å². The van der Waals surface area contributed by atoms with Crippen molar-refractivity contribution in [2.24, 2.45) is 0 Å². The summed E-state index contributed by atoms with van der Waals surface area (Å²) in [5, 5.41) is 2.83. The average molecular weight is 453 g/mol. The van der Waals surface area contributed by atoms with Gasteiger partial charge in [-0.05, 0) is 54.8 Å². The number of nitrogens with zero attached hydrogens (tertiary/aromatic N) is 1. The Morgan fingerprint density at radius 2 is 1.66 bits per heavy atom. The molecule has 0 aromatic heterocycles. The number of benzene rings is 3. The van der Waals surface area contributed by atoms with E-state index in [1.165, 1.54) is 16.4 Å². The van der Waals surface area contributed by atoms with Gasteiger partial charge in [0.15, 0.2) is 0 Å². The highest BCUT2D eigenvalue weighted by molar-refractivity contribution is 7.92. The van der Waals surface area contributed by atoms with Crippen molar-refractivity contribution in [3.8, 4) is 5.75 Å². The van der Waals surface area contributed by atoms with Crippen LogP contribution in [0.25, 0.3) is 0 Å². The third kappa shape index (κ3) is 5.68. The zero-order chi connectivity index (χ0) is 23.0. The van der Waals surface area contributed by atoms with Crippen molar-refractivity contribution in [2.75, 3.05) is 17.5 Å². The molecule has 32 heavy (non-hydrogen) atoms. The number of carbonyl (C=O) groups excluding carboxylic acids is 1. The maximum atomic E-state index is 13.5. The fraction of sp³-hybridized carbons (Fsp3) is 0.240. The molecule has 0 fully saturated rings. The van der Waals surface area contributed by atoms with E-state index in [1.807, 2.05) is 50.2 Å². The largest absolute Gasteiger partial charge is 0.494 e. The van der Waals surface area contributed by atoms with Crippen LogP contribution in [0.15, 0.2) is 83.8 Å². The SMILES string of the molecule is CCOc1cccc(CNC(=O)CN(c2ccccc2CC)S(=O)(=O)c2ccccc2)c1. The molecule has 3 aromatic rings. The predicted octanol–water partition coefficient (Wildman–Crippen LogP) is 4.16. The molecule has 0 bridgehead atoms. The van der Waals surface area contributed by atoms with Crippen molar-refractivity contribution in [2.45, 2.75) is 31.7 Å². The first kappa shape index (κ1) is 23.3. The number of anilines is 1. The topological polar surface area (TPSA) is 75.7 Å². The second kappa shape index (κ2) is 10.8. The van der Waals surface area contributed by atoms with Crippen LogP contribution in [-0.4, -0.2) is 27.5 Å². The molecule has 0 spiro atoms. The lowest BCUT2D eigenvalue weighted by Crippen LogP contribution is -2.41. The normalized spacial score (nSPS) is 11.1. The van der Waals surface area contributed by atoms with Gasteiger partial charge in [0.05, 0.1) is 17.2 Å². The summed E-state index contributed by atoms with van der Waals surface area (Å²) in [7, 11) is -3.93. The predicted molar refractivity (Wildman–Crippen MR) is 126 cm³/mol. The minimum Gasteiger partial charge on any atom is -0.494 e. The van der Waals surface area contributed by atoms with Crippen molar-refractivity contribution in [3.63, 3.8) is 0 Å². The molecule has 0 atom stereocenters. The van der Waals surface area contributed by atoms with Gasteiger partial charge in [-0.15, -0.1) is 0 Å². The van der Waals surface area contributed by atoms with Gasteiger partial charge in [-0.1, -0.05) is 55.5 Å². The van der Waals surface area contributed by atoms with Gasteiger partial charge < -0.3 is 10.1 Å². The Bertz CT molecular complexity index is 1150. The lowest BCUT2D eigenvalue weighted by molar-refractivity contribution is -0.119. The van der Waals surface area contributed by atoms with Crippen molar-refractivity contribution in [1.82, 2.24) is 5.32 Å². The average Bonchev–Trinajstić information content (AvgIpc) is 2.82. The first-order chi connectivity index (χ1) is 15.5. The number of aryl methyl sites for hydroxylation is 1. The number of rotatable bonds is 10. The van der Waals surface area contributed by atoms with E-state index in [1.54, 1.807) is 30.3 Å². The lowest BCUT2D eigenvalue weighted by Gasteiger charge is -2.26. The first-order valence-electron chi connectivity index (χ1n) is 10.6. The standard InChI is InChI=1S/C25H28N2O4S/c1-3-21-12-8-9-16-24(21)27(32(29,30)23-14-6-5-7-15-23)19-25(28)26-18-20-11-10-13-22(17-20)31-4-2/h5-17H,3-4,18-19H2,1-2H3,(H,26,28). The molecule has 1 amide bonds. The summed E-state index contributed by atoms with van der Waals surface area (Å²) in [6.07, 6.45) is 0.642. The highest BCUT2D eigenvalue weighted by Gasteiger charge is 2.28. The van der Waals surface area contributed by atoms with Crippen LogP contribution in [0.3, 0.4) is 0 Å². The van der Waals surface area contributed by atoms with Gasteiger partial charge in [-0.3, -0.25) is 9.10 Å². The van der Waals surface area contributed by atoms with Gasteiger partial charge in [-0.25, -0.2) is 8.42 Å². The fourth-order valence-corrected chi connectivity index (χ4v) is 4.85. The number of sulfonamides is 1. The van der Waals surface area contributed by atoms with Gasteiger partial charge in [-0.2, -0.15) is 0 Å². The van der Waals surface area contributed by atoms with Crippen LogP contribution < -0.4 is 14.4 Å². The highest BCUT2D eigenvalue weighted by atomic mass is 32.2. The smallest absolute Gasteiger partial charge is 0.264 e. The van der Waals surface area contributed by atoms with Crippen LogP contribution in [0.4, 0.5) is 5.69 Å². The van der Waals surface area contributed by atoms with Crippen molar-refractivity contribution >= 4 is 21.6 Å². The second-order valence-electron chi connectivity index (χ2n) is 7.16. The highest BCUT2D eigenvalue weighted by Crippen LogP contribution is 2.27. The van der Waals surface area contributed by atoms with E-state index in [9.17, 15) is 13.2 Å². The lowest BCUT2D eigenvalue weighted by atomic mass is 10.1. The van der Waals surface area contributed by atoms with Gasteiger partial charge in [0.2, 0.25) is 5.91 Å². The number of amides is 1. The number of ether oxygens (including phenoxy) is 1. The number of carbonyl (C=O) groups is 1. The third-order valence-electron chi connectivity index (χ3n) is 4.96. The molecule has 0 aliphatic carbocycles. The molecule has 3 rings (SSSR count). The summed E-state index contributed by atoms with van der Waals surface area (Å²) in [6, 6.07) is 22.9. The summed E-state index contributed by atoms with van der Waals surface area (Å²) in [4.78, 5) is 13.0. The van der Waals surface area contributed by atoms with E-state index in [0.29, 0.717) is 18.7 Å². The van der Waals surface area contributed by atoms with Crippen LogP contribution in [-0.2, 0) is 27.8 Å². The summed E-state index contributed by atoms with van der Waals surface area (Å²) < 4.78 is 33.6. The maximum Gasteiger partial charge on any atom is 0.264 e. The summed E-state index contributed by atoms with van der Waals surface area (Å²) in [6.45, 7) is 4.37. The molecule has 3 aromatic carbocycles. The molecular weight excluding hydrogens is 424 g/mol. The Kier molecular flexibility index (Phi) is 7.89. The molecule has 1 N–H and O–H groups in total. The monoisotopic (exact) mass is 452 g/mol. The van der Waals surface area contributed by atoms with Crippen LogP contribution in [0.2, 0.25) is 0 Å². The minimum atomic E-state index is -3.93. The van der Waals surface area contributed by atoms with Crippen LogP contribution in [0, 0.1) is 0 Å². The number of hydrogen-bond donors (Lipinski definition) is 1. The Balaban J connectivity index is 1.84. The van der Waals surface area contributed by atoms with Crippen molar-refractivity contribution < 1.29 is 17.9 Å². The van der Waals surface area contributed by atoms with Crippen molar-refractivity contribution in [1.29, 1.82) is 0 Å². The van der Waals surface area contributed by atoms with Gasteiger partial charge in [0, 0.05) is 6.54 Å². The summed E-state index contributed by atoms with van der Waals surface area (Å²) in [5.74, 6) is 0.335. The fourth-order valence-electron chi connectivity index (χ4n) is 3.37. The van der Waals surface area contributed by atoms with Gasteiger partial charge in [0.1, 0.15) is 12.3 Å². The van der Waals surface area contributed by atoms with E-state index < -0.39 is 15.9 Å². The molecule has 0 heterocycles.